The Balaban J connectivity index is 1.60. The normalized spacial score (nSPS) is 14.8. The summed E-state index contributed by atoms with van der Waals surface area (Å²) in [5, 5.41) is 17.4. The Morgan fingerprint density at radius 3 is 2.63 bits per heavy atom. The molecule has 27 heavy (non-hydrogen) atoms. The van der Waals surface area contributed by atoms with Gasteiger partial charge in [0.15, 0.2) is 5.82 Å². The first-order valence-electron chi connectivity index (χ1n) is 8.42. The number of nitrogens with one attached hydrogen (secondary N) is 1. The summed E-state index contributed by atoms with van der Waals surface area (Å²) in [5.41, 5.74) is 5.48. The quantitative estimate of drug-likeness (QED) is 0.473. The van der Waals surface area contributed by atoms with Crippen LogP contribution in [0.2, 0.25) is 0 Å². The van der Waals surface area contributed by atoms with E-state index in [1.165, 1.54) is 18.2 Å². The van der Waals surface area contributed by atoms with Crippen LogP contribution in [0.4, 0.5) is 17.2 Å². The Morgan fingerprint density at radius 1 is 1.33 bits per heavy atom. The first kappa shape index (κ1) is 18.4. The summed E-state index contributed by atoms with van der Waals surface area (Å²) in [6.07, 6.45) is 0.983. The zero-order chi connectivity index (χ0) is 19.6. The summed E-state index contributed by atoms with van der Waals surface area (Å²) < 4.78 is 4.91. The number of carbonyl (C=O) groups excluding carboxylic acids is 2. The number of anilines is 2. The van der Waals surface area contributed by atoms with Crippen LogP contribution in [0.5, 0.6) is 0 Å². The predicted molar refractivity (Wildman–Crippen MR) is 96.0 cm³/mol. The third kappa shape index (κ3) is 4.05. The van der Waals surface area contributed by atoms with Crippen LogP contribution in [0.3, 0.4) is 0 Å². The van der Waals surface area contributed by atoms with Crippen molar-refractivity contribution >= 4 is 29.0 Å². The highest BCUT2D eigenvalue weighted by molar-refractivity contribution is 5.96. The number of carbonyl (C=O) groups is 2. The highest BCUT2D eigenvalue weighted by atomic mass is 16.6. The van der Waals surface area contributed by atoms with Crippen molar-refractivity contribution in [3.05, 3.63) is 45.7 Å². The van der Waals surface area contributed by atoms with Crippen LogP contribution < -0.4 is 11.1 Å². The lowest BCUT2D eigenvalue weighted by atomic mass is 9.95. The first-order chi connectivity index (χ1) is 12.8. The van der Waals surface area contributed by atoms with Gasteiger partial charge in [0.05, 0.1) is 4.92 Å². The number of aromatic nitrogens is 1. The maximum absolute atomic E-state index is 12.6. The second kappa shape index (κ2) is 7.44. The number of piperidine rings is 1. The minimum absolute atomic E-state index is 0.00928. The van der Waals surface area contributed by atoms with Gasteiger partial charge in [-0.15, -0.1) is 0 Å². The number of aryl methyl sites for hydroxylation is 1. The number of nitrogens with two attached hydrogens (primary N) is 1. The minimum atomic E-state index is -0.617. The van der Waals surface area contributed by atoms with Crippen LogP contribution in [0.25, 0.3) is 0 Å². The molecule has 1 fully saturated rings. The van der Waals surface area contributed by atoms with Crippen molar-refractivity contribution in [1.29, 1.82) is 0 Å². The fraction of sp³-hybridized carbons (Fsp3) is 0.353. The second-order valence-electron chi connectivity index (χ2n) is 6.41. The van der Waals surface area contributed by atoms with Gasteiger partial charge in [-0.2, -0.15) is 0 Å². The van der Waals surface area contributed by atoms with Crippen molar-refractivity contribution in [1.82, 2.24) is 10.1 Å². The van der Waals surface area contributed by atoms with Gasteiger partial charge in [-0.3, -0.25) is 19.7 Å². The number of likely N-dealkylation sites (tertiary alicyclic amines) is 1. The van der Waals surface area contributed by atoms with E-state index in [1.54, 1.807) is 17.9 Å². The predicted octanol–water partition coefficient (Wildman–Crippen LogP) is 1.96. The van der Waals surface area contributed by atoms with Gasteiger partial charge in [0.2, 0.25) is 5.91 Å². The molecule has 0 spiro atoms. The van der Waals surface area contributed by atoms with E-state index in [-0.39, 0.29) is 34.7 Å². The van der Waals surface area contributed by atoms with Crippen LogP contribution in [0, 0.1) is 23.0 Å². The van der Waals surface area contributed by atoms with Gasteiger partial charge >= 0.3 is 0 Å². The van der Waals surface area contributed by atoms with Crippen molar-refractivity contribution in [2.75, 3.05) is 24.1 Å². The molecule has 0 bridgehead atoms. The van der Waals surface area contributed by atoms with E-state index in [2.05, 4.69) is 10.5 Å². The summed E-state index contributed by atoms with van der Waals surface area (Å²) in [4.78, 5) is 36.8. The Kier molecular flexibility index (Phi) is 5.06. The third-order valence-corrected chi connectivity index (χ3v) is 4.51. The second-order valence-corrected chi connectivity index (χ2v) is 6.41. The average Bonchev–Trinajstić information content (AvgIpc) is 3.06. The zero-order valence-corrected chi connectivity index (χ0v) is 14.7. The third-order valence-electron chi connectivity index (χ3n) is 4.51. The van der Waals surface area contributed by atoms with Crippen molar-refractivity contribution in [2.45, 2.75) is 19.8 Å². The number of nitro groups is 1. The Bertz CT molecular complexity index is 886. The maximum atomic E-state index is 12.6. The van der Waals surface area contributed by atoms with E-state index in [0.29, 0.717) is 37.5 Å². The number of hydrogen-bond donors (Lipinski definition) is 2. The highest BCUT2D eigenvalue weighted by Crippen LogP contribution is 2.25. The molecule has 10 heteroatoms. The van der Waals surface area contributed by atoms with Gasteiger partial charge < -0.3 is 20.5 Å². The van der Waals surface area contributed by atoms with E-state index in [1.807, 2.05) is 0 Å². The van der Waals surface area contributed by atoms with E-state index >= 15 is 0 Å². The lowest BCUT2D eigenvalue weighted by Crippen LogP contribution is -2.41. The fourth-order valence-corrected chi connectivity index (χ4v) is 3.02. The zero-order valence-electron chi connectivity index (χ0n) is 14.7. The molecule has 1 aromatic heterocycles. The minimum Gasteiger partial charge on any atom is -0.393 e. The van der Waals surface area contributed by atoms with E-state index in [9.17, 15) is 19.7 Å². The van der Waals surface area contributed by atoms with Gasteiger partial charge in [0.25, 0.3) is 11.6 Å². The van der Waals surface area contributed by atoms with Gasteiger partial charge in [-0.25, -0.2) is 0 Å². The molecule has 142 valence electrons. The van der Waals surface area contributed by atoms with E-state index in [0.717, 1.165) is 0 Å². The molecule has 0 atom stereocenters. The van der Waals surface area contributed by atoms with Crippen molar-refractivity contribution < 1.29 is 19.0 Å². The van der Waals surface area contributed by atoms with Crippen LogP contribution >= 0.6 is 0 Å². The molecule has 10 nitrogen and oxygen atoms in total. The molecule has 2 heterocycles. The lowest BCUT2D eigenvalue weighted by molar-refractivity contribution is -0.383. The topological polar surface area (TPSA) is 145 Å². The van der Waals surface area contributed by atoms with Crippen LogP contribution in [0.15, 0.2) is 28.8 Å². The number of rotatable bonds is 4. The summed E-state index contributed by atoms with van der Waals surface area (Å²) in [5.74, 6) is 0.239. The van der Waals surface area contributed by atoms with E-state index < -0.39 is 4.92 Å². The molecule has 0 aliphatic carbocycles. The summed E-state index contributed by atoms with van der Waals surface area (Å²) in [6, 6.07) is 5.63. The molecule has 1 aliphatic rings. The first-order valence-corrected chi connectivity index (χ1v) is 8.42. The number of nitrogens with zero attached hydrogens (tertiary/aromatic N) is 3. The molecular weight excluding hydrogens is 354 g/mol. The van der Waals surface area contributed by atoms with Crippen LogP contribution in [0.1, 0.15) is 29.0 Å². The summed E-state index contributed by atoms with van der Waals surface area (Å²) >= 11 is 0. The molecular formula is C17H19N5O5. The number of hydrogen-bond acceptors (Lipinski definition) is 7. The van der Waals surface area contributed by atoms with Gasteiger partial charge in [0, 0.05) is 36.7 Å². The van der Waals surface area contributed by atoms with Gasteiger partial charge in [-0.05, 0) is 31.9 Å². The summed E-state index contributed by atoms with van der Waals surface area (Å²) in [7, 11) is 0. The molecule has 0 unspecified atom stereocenters. The molecule has 2 amide bonds. The van der Waals surface area contributed by atoms with Gasteiger partial charge in [0.1, 0.15) is 11.4 Å². The van der Waals surface area contributed by atoms with E-state index in [4.69, 9.17) is 10.3 Å². The lowest BCUT2D eigenvalue weighted by Gasteiger charge is -2.31. The SMILES string of the molecule is Cc1cc(NC(=O)C2CCN(C(=O)c3ccc(N)c([N+](=O)[O-])c3)CC2)no1. The molecule has 2 aromatic rings. The van der Waals surface area contributed by atoms with Crippen LogP contribution in [-0.4, -0.2) is 39.9 Å². The van der Waals surface area contributed by atoms with Gasteiger partial charge in [-0.1, -0.05) is 5.16 Å². The molecule has 3 N–H and O–H groups in total. The van der Waals surface area contributed by atoms with Crippen molar-refractivity contribution in [3.8, 4) is 0 Å². The Morgan fingerprint density at radius 2 is 2.04 bits per heavy atom. The smallest absolute Gasteiger partial charge is 0.292 e. The standard InChI is InChI=1S/C17H19N5O5/c1-10-8-15(20-27-10)19-16(23)11-4-6-21(7-5-11)17(24)12-2-3-13(18)14(9-12)22(25)26/h2-3,8-9,11H,4-7,18H2,1H3,(H,19,20,23). The number of benzene rings is 1. The Hall–Kier alpha value is -3.43. The number of amides is 2. The Labute approximate surface area is 154 Å². The molecule has 3 rings (SSSR count). The average molecular weight is 373 g/mol. The largest absolute Gasteiger partial charge is 0.393 e. The van der Waals surface area contributed by atoms with Crippen molar-refractivity contribution in [3.63, 3.8) is 0 Å². The number of nitro benzene ring substituents is 1. The summed E-state index contributed by atoms with van der Waals surface area (Å²) in [6.45, 7) is 2.49. The monoisotopic (exact) mass is 373 g/mol. The molecule has 0 radical (unpaired) electrons. The molecule has 1 aliphatic heterocycles. The molecule has 1 aromatic carbocycles. The maximum Gasteiger partial charge on any atom is 0.292 e. The fourth-order valence-electron chi connectivity index (χ4n) is 3.02. The van der Waals surface area contributed by atoms with Crippen LogP contribution in [-0.2, 0) is 4.79 Å². The molecule has 0 saturated carbocycles. The highest BCUT2D eigenvalue weighted by Gasteiger charge is 2.29. The number of nitrogen functional groups attached to an aromatic ring is 1. The molecule has 1 saturated heterocycles. The van der Waals surface area contributed by atoms with Crippen molar-refractivity contribution in [2.24, 2.45) is 5.92 Å².